The number of ether oxygens (including phenoxy) is 3. The molecule has 0 aliphatic carbocycles. The zero-order chi connectivity index (χ0) is 65.5. The third-order valence-corrected chi connectivity index (χ3v) is 18.7. The number of thiazole rings is 1. The normalized spacial score (nSPS) is 24.5. The van der Waals surface area contributed by atoms with Gasteiger partial charge >= 0.3 is 35.9 Å². The van der Waals surface area contributed by atoms with Crippen LogP contribution in [0.5, 0.6) is 0 Å². The molecule has 5 saturated heterocycles. The minimum atomic E-state index is -1.14. The average Bonchev–Trinajstić information content (AvgIpc) is 1.54. The van der Waals surface area contributed by atoms with Crippen molar-refractivity contribution in [2.75, 3.05) is 105 Å². The maximum absolute atomic E-state index is 15.0. The largest absolute Gasteiger partial charge is 0.481 e. The van der Waals surface area contributed by atoms with Crippen molar-refractivity contribution in [3.05, 3.63) is 139 Å². The van der Waals surface area contributed by atoms with E-state index in [0.717, 1.165) is 6.20 Å². The smallest absolute Gasteiger partial charge is 0.338 e. The Labute approximate surface area is 527 Å². The van der Waals surface area contributed by atoms with Gasteiger partial charge in [-0.05, 0) is 96.2 Å². The van der Waals surface area contributed by atoms with E-state index < -0.39 is 81.1 Å². The number of carboxylic acids is 2. The third kappa shape index (κ3) is 13.1. The van der Waals surface area contributed by atoms with Crippen LogP contribution in [-0.4, -0.2) is 213 Å². The maximum Gasteiger partial charge on any atom is 0.338 e. The number of urea groups is 2. The van der Waals surface area contributed by atoms with Gasteiger partial charge in [0.2, 0.25) is 0 Å². The second kappa shape index (κ2) is 26.1. The first-order chi connectivity index (χ1) is 43.2. The van der Waals surface area contributed by atoms with Gasteiger partial charge in [-0.15, -0.1) is 11.3 Å². The van der Waals surface area contributed by atoms with Gasteiger partial charge in [0.1, 0.15) is 40.6 Å². The number of aromatic nitrogens is 2. The summed E-state index contributed by atoms with van der Waals surface area (Å²) in [6, 6.07) is 7.48. The number of nitrogens with zero attached hydrogens (tertiary/aromatic N) is 10. The van der Waals surface area contributed by atoms with Gasteiger partial charge in [-0.3, -0.25) is 29.4 Å². The van der Waals surface area contributed by atoms with Crippen LogP contribution < -0.4 is 10.6 Å². The number of hydrogen-bond acceptors (Lipinski definition) is 18. The molecule has 4 N–H and O–H groups in total. The van der Waals surface area contributed by atoms with Crippen molar-refractivity contribution < 1.29 is 70.8 Å². The van der Waals surface area contributed by atoms with E-state index in [1.165, 1.54) is 29.5 Å². The standard InChI is InChI=1S/C32H37F3N6O5.C31H37FN6O6S/c1-6-46-28(42)24-23(14-39-10-11-41-30(45)40(17-32(41,5)16-39)15-31(3,4)29(43)44)37-27(26-22(35)12-19(33)13-36-26)38-25(24)20-8-7-9-21(34)18(20)2;1-4-44-27(39)23-22(34-25(26-33-9-13-45-26)35-24(23)20-6-5-7-21(32)19(20)2)14-36-10-11-38-29(42)37(16-30(38,3)15-36)17-31(28(40)41)8-12-43-18-31/h7-9,12-13,25H,6,10-11,14-17H2,1-5H3,(H,37,38)(H,43,44);5-7,9,13,24H,4,8,10-12,14-18H2,1-3H3,(H,34,35)(H,40,41). The number of aliphatic carboxylic acids is 2. The highest BCUT2D eigenvalue weighted by atomic mass is 32.1. The first kappa shape index (κ1) is 65.6. The van der Waals surface area contributed by atoms with Crippen LogP contribution >= 0.6 is 11.3 Å². The molecule has 0 saturated carbocycles. The molecule has 9 heterocycles. The molecule has 486 valence electrons. The summed E-state index contributed by atoms with van der Waals surface area (Å²) in [6.07, 6.45) is 2.89. The third-order valence-electron chi connectivity index (χ3n) is 17.9. The molecule has 4 amide bonds. The number of piperazine rings is 2. The highest BCUT2D eigenvalue weighted by molar-refractivity contribution is 7.11. The minimum Gasteiger partial charge on any atom is -0.481 e. The zero-order valence-electron chi connectivity index (χ0n) is 51.9. The number of pyridine rings is 1. The number of esters is 2. The number of benzene rings is 2. The van der Waals surface area contributed by atoms with Gasteiger partial charge in [0.25, 0.3) is 0 Å². The Morgan fingerprint density at radius 3 is 1.75 bits per heavy atom. The molecule has 2 aromatic heterocycles. The van der Waals surface area contributed by atoms with Crippen LogP contribution in [0.3, 0.4) is 0 Å². The molecule has 7 aliphatic heterocycles. The number of carbonyl (C=O) groups excluding carboxylic acids is 4. The van der Waals surface area contributed by atoms with E-state index in [1.54, 1.807) is 80.6 Å². The second-order valence-corrected chi connectivity index (χ2v) is 25.9. The summed E-state index contributed by atoms with van der Waals surface area (Å²) in [7, 11) is 0. The summed E-state index contributed by atoms with van der Waals surface area (Å²) in [6.45, 7) is 18.1. The number of amides is 4. The molecule has 5 atom stereocenters. The summed E-state index contributed by atoms with van der Waals surface area (Å²) in [5, 5.41) is 28.5. The van der Waals surface area contributed by atoms with E-state index >= 15 is 4.39 Å². The quantitative estimate of drug-likeness (QED) is 0.0617. The van der Waals surface area contributed by atoms with Crippen LogP contribution in [0.4, 0.5) is 27.2 Å². The number of nitrogens with one attached hydrogen (secondary N) is 2. The number of carbonyl (C=O) groups is 6. The Hall–Kier alpha value is -8.34. The van der Waals surface area contributed by atoms with Crippen LogP contribution in [0.2, 0.25) is 0 Å². The van der Waals surface area contributed by atoms with E-state index in [9.17, 15) is 52.2 Å². The molecule has 91 heavy (non-hydrogen) atoms. The van der Waals surface area contributed by atoms with Gasteiger partial charge in [0, 0.05) is 114 Å². The topological polar surface area (TPSA) is 265 Å². The fourth-order valence-corrected chi connectivity index (χ4v) is 13.8. The average molecular weight is 1280 g/mol. The highest BCUT2D eigenvalue weighted by Gasteiger charge is 2.55. The van der Waals surface area contributed by atoms with Crippen molar-refractivity contribution in [3.63, 3.8) is 0 Å². The van der Waals surface area contributed by atoms with Crippen LogP contribution in [0.1, 0.15) is 93.0 Å². The van der Waals surface area contributed by atoms with Crippen molar-refractivity contribution in [2.24, 2.45) is 20.8 Å². The SMILES string of the molecule is CCOC(=O)C1=C(CN2CCN3C(=O)N(CC(C)(C)C(=O)O)CC3(C)C2)NC(c2ncc(F)cc2F)=NC1c1cccc(F)c1C.CCOC(=O)C1=C(CN2CCN3C(=O)N(CC4(C(=O)O)CCOC4)CC3(C)C2)NC(c2nccs2)=NC1c1cccc(F)c1C. The van der Waals surface area contributed by atoms with Gasteiger partial charge in [-0.2, -0.15) is 0 Å². The molecular formula is C63H74F4N12O11S. The number of hydrogen-bond donors (Lipinski definition) is 4. The number of aliphatic imine (C=N–C) groups is 2. The number of rotatable bonds is 18. The Balaban J connectivity index is 0.000000200. The maximum atomic E-state index is 15.0. The van der Waals surface area contributed by atoms with E-state index in [1.807, 2.05) is 29.0 Å². The van der Waals surface area contributed by atoms with Crippen molar-refractivity contribution in [3.8, 4) is 0 Å². The van der Waals surface area contributed by atoms with Crippen molar-refractivity contribution in [1.82, 2.24) is 50.0 Å². The Kier molecular flexibility index (Phi) is 18.8. The number of halogens is 4. The molecule has 5 fully saturated rings. The molecule has 4 aromatic rings. The molecule has 23 nitrogen and oxygen atoms in total. The summed E-state index contributed by atoms with van der Waals surface area (Å²) in [5.74, 6) is -5.56. The van der Waals surface area contributed by atoms with Crippen LogP contribution in [0.15, 0.2) is 92.8 Å². The molecule has 0 radical (unpaired) electrons. The monoisotopic (exact) mass is 1280 g/mol. The Bertz CT molecular complexity index is 3670. The summed E-state index contributed by atoms with van der Waals surface area (Å²) < 4.78 is 74.7. The van der Waals surface area contributed by atoms with Gasteiger partial charge in [0.05, 0.1) is 53.7 Å². The van der Waals surface area contributed by atoms with Gasteiger partial charge in [0.15, 0.2) is 22.5 Å². The van der Waals surface area contributed by atoms with Crippen LogP contribution in [0.25, 0.3) is 0 Å². The van der Waals surface area contributed by atoms with E-state index in [4.69, 9.17) is 19.2 Å². The van der Waals surface area contributed by atoms with Gasteiger partial charge in [-0.1, -0.05) is 24.3 Å². The second-order valence-electron chi connectivity index (χ2n) is 25.0. The van der Waals surface area contributed by atoms with E-state index in [2.05, 4.69) is 30.5 Å². The van der Waals surface area contributed by atoms with Crippen LogP contribution in [-0.2, 0) is 33.4 Å². The lowest BCUT2D eigenvalue weighted by atomic mass is 9.86. The molecule has 11 rings (SSSR count). The summed E-state index contributed by atoms with van der Waals surface area (Å²) in [4.78, 5) is 107. The summed E-state index contributed by atoms with van der Waals surface area (Å²) >= 11 is 1.40. The molecule has 0 spiro atoms. The van der Waals surface area contributed by atoms with Crippen LogP contribution in [0, 0.1) is 47.9 Å². The molecule has 2 aromatic carbocycles. The van der Waals surface area contributed by atoms with E-state index in [0.29, 0.717) is 122 Å². The number of amidine groups is 2. The summed E-state index contributed by atoms with van der Waals surface area (Å²) in [5.41, 5.74) is -0.962. The molecule has 5 unspecified atom stereocenters. The predicted octanol–water partition coefficient (Wildman–Crippen LogP) is 6.44. The molecular weight excluding hydrogens is 1210 g/mol. The minimum absolute atomic E-state index is 0.0394. The Morgan fingerprint density at radius 2 is 1.26 bits per heavy atom. The lowest BCUT2D eigenvalue weighted by Gasteiger charge is -2.44. The lowest BCUT2D eigenvalue weighted by molar-refractivity contribution is -0.150. The molecule has 7 aliphatic rings. The molecule has 0 bridgehead atoms. The van der Waals surface area contributed by atoms with Gasteiger partial charge < -0.3 is 54.7 Å². The fraction of sp³-hybridized carbons (Fsp3) is 0.492. The first-order valence-electron chi connectivity index (χ1n) is 30.0. The predicted molar refractivity (Wildman–Crippen MR) is 325 cm³/mol. The van der Waals surface area contributed by atoms with Crippen molar-refractivity contribution >= 4 is 58.9 Å². The zero-order valence-corrected chi connectivity index (χ0v) is 52.7. The van der Waals surface area contributed by atoms with Gasteiger partial charge in [-0.25, -0.2) is 46.7 Å². The number of fused-ring (bicyclic) bond motifs is 2. The first-order valence-corrected chi connectivity index (χ1v) is 30.9. The van der Waals surface area contributed by atoms with Crippen molar-refractivity contribution in [1.29, 1.82) is 0 Å². The Morgan fingerprint density at radius 1 is 0.736 bits per heavy atom. The van der Waals surface area contributed by atoms with E-state index in [-0.39, 0.29) is 74.2 Å². The lowest BCUT2D eigenvalue weighted by Crippen LogP contribution is -2.60. The fourth-order valence-electron chi connectivity index (χ4n) is 13.2. The highest BCUT2D eigenvalue weighted by Crippen LogP contribution is 2.41. The number of carboxylic acid groups (broad SMARTS) is 2. The molecule has 28 heteroatoms. The van der Waals surface area contributed by atoms with Crippen molar-refractivity contribution in [2.45, 2.75) is 85.0 Å².